The molecule has 0 spiro atoms. The van der Waals surface area contributed by atoms with E-state index in [0.29, 0.717) is 0 Å². The van der Waals surface area contributed by atoms with Crippen LogP contribution in [0.2, 0.25) is 0 Å². The number of benzene rings is 1. The fraction of sp³-hybridized carbons (Fsp3) is 0.333. The van der Waals surface area contributed by atoms with Crippen molar-refractivity contribution in [1.82, 2.24) is 14.8 Å². The van der Waals surface area contributed by atoms with E-state index < -0.39 is 0 Å². The van der Waals surface area contributed by atoms with Gasteiger partial charge in [0.15, 0.2) is 12.2 Å². The van der Waals surface area contributed by atoms with Crippen LogP contribution in [0.5, 0.6) is 0 Å². The maximum Gasteiger partial charge on any atom is 0.196 e. The predicted molar refractivity (Wildman–Crippen MR) is 57.0 cm³/mol. The molecule has 2 aromatic rings. The monoisotopic (exact) mass is 198 g/mol. The number of rotatable bonds is 3. The first-order valence-corrected chi connectivity index (χ1v) is 5.30. The smallest absolute Gasteiger partial charge is 0.196 e. The van der Waals surface area contributed by atoms with Crippen molar-refractivity contribution in [3.63, 3.8) is 0 Å². The van der Waals surface area contributed by atoms with E-state index in [-0.39, 0.29) is 0 Å². The number of aromatic nitrogens is 3. The highest BCUT2D eigenvalue weighted by Gasteiger charge is 2.22. The Kier molecular flexibility index (Phi) is 2.02. The van der Waals surface area contributed by atoms with Crippen molar-refractivity contribution >= 4 is 0 Å². The van der Waals surface area contributed by atoms with Crippen molar-refractivity contribution in [1.29, 1.82) is 0 Å². The minimum Gasteiger partial charge on any atom is -0.242 e. The highest BCUT2D eigenvalue weighted by Crippen LogP contribution is 2.30. The van der Waals surface area contributed by atoms with E-state index in [9.17, 15) is 0 Å². The maximum absolute atomic E-state index is 4.41. The molecule has 1 fully saturated rings. The second-order valence-electron chi connectivity index (χ2n) is 4.03. The molecule has 0 unspecified atom stereocenters. The van der Waals surface area contributed by atoms with Gasteiger partial charge >= 0.3 is 0 Å². The van der Waals surface area contributed by atoms with Gasteiger partial charge in [0.2, 0.25) is 0 Å². The lowest BCUT2D eigenvalue weighted by Gasteiger charge is -1.95. The molecular formula is C12H12N3. The number of nitrogens with zero attached hydrogens (tertiary/aromatic N) is 3. The largest absolute Gasteiger partial charge is 0.242 e. The van der Waals surface area contributed by atoms with Gasteiger partial charge in [-0.05, 0) is 18.8 Å². The molecule has 1 aromatic heterocycles. The van der Waals surface area contributed by atoms with Gasteiger partial charge in [0.25, 0.3) is 0 Å². The van der Waals surface area contributed by atoms with Crippen LogP contribution in [0.1, 0.15) is 12.8 Å². The summed E-state index contributed by atoms with van der Waals surface area (Å²) in [5, 5.41) is 4.41. The van der Waals surface area contributed by atoms with Crippen LogP contribution in [0.3, 0.4) is 0 Å². The third-order valence-corrected chi connectivity index (χ3v) is 2.65. The topological polar surface area (TPSA) is 30.7 Å². The zero-order chi connectivity index (χ0) is 10.1. The molecule has 1 radical (unpaired) electrons. The van der Waals surface area contributed by atoms with Crippen molar-refractivity contribution in [2.24, 2.45) is 5.92 Å². The van der Waals surface area contributed by atoms with Crippen molar-refractivity contribution < 1.29 is 0 Å². The average Bonchev–Trinajstić information content (AvgIpc) is 2.96. The van der Waals surface area contributed by atoms with Gasteiger partial charge in [-0.1, -0.05) is 30.3 Å². The Morgan fingerprint density at radius 2 is 2.07 bits per heavy atom. The molecule has 3 nitrogen and oxygen atoms in total. The Morgan fingerprint density at radius 1 is 1.27 bits per heavy atom. The van der Waals surface area contributed by atoms with E-state index >= 15 is 0 Å². The first-order valence-electron chi connectivity index (χ1n) is 5.30. The van der Waals surface area contributed by atoms with Gasteiger partial charge in [-0.25, -0.2) is 9.67 Å². The van der Waals surface area contributed by atoms with Crippen molar-refractivity contribution in [2.75, 3.05) is 0 Å². The van der Waals surface area contributed by atoms with Gasteiger partial charge in [0.05, 0.1) is 0 Å². The van der Waals surface area contributed by atoms with Crippen LogP contribution < -0.4 is 0 Å². The highest BCUT2D eigenvalue weighted by atomic mass is 15.3. The van der Waals surface area contributed by atoms with E-state index in [4.69, 9.17) is 0 Å². The molecule has 0 aliphatic heterocycles. The zero-order valence-corrected chi connectivity index (χ0v) is 8.43. The van der Waals surface area contributed by atoms with Crippen LogP contribution >= 0.6 is 0 Å². The molecule has 1 saturated carbocycles. The lowest BCUT2D eigenvalue weighted by Crippen LogP contribution is -2.00. The molecule has 1 aliphatic rings. The van der Waals surface area contributed by atoms with Gasteiger partial charge in [0, 0.05) is 12.1 Å². The summed E-state index contributed by atoms with van der Waals surface area (Å²) in [4.78, 5) is 4.19. The van der Waals surface area contributed by atoms with E-state index in [0.717, 1.165) is 23.9 Å². The van der Waals surface area contributed by atoms with E-state index in [1.54, 1.807) is 0 Å². The van der Waals surface area contributed by atoms with Gasteiger partial charge < -0.3 is 0 Å². The van der Waals surface area contributed by atoms with Gasteiger partial charge in [-0.15, -0.1) is 0 Å². The summed E-state index contributed by atoms with van der Waals surface area (Å²) >= 11 is 0. The molecule has 0 atom stereocenters. The molecule has 0 amide bonds. The standard InChI is InChI=1S/C12H12N3/c1-2-4-11(5-3-1)12-13-9-15(14-12)8-10-6-7-10/h1-5,10H,6-8H2. The zero-order valence-electron chi connectivity index (χ0n) is 8.43. The van der Waals surface area contributed by atoms with Crippen LogP contribution in [0.15, 0.2) is 30.3 Å². The third-order valence-electron chi connectivity index (χ3n) is 2.65. The lowest BCUT2D eigenvalue weighted by molar-refractivity contribution is 0.559. The molecule has 1 aliphatic carbocycles. The Morgan fingerprint density at radius 3 is 2.80 bits per heavy atom. The second kappa shape index (κ2) is 3.50. The fourth-order valence-electron chi connectivity index (χ4n) is 1.60. The third kappa shape index (κ3) is 1.91. The molecule has 0 bridgehead atoms. The molecule has 3 rings (SSSR count). The van der Waals surface area contributed by atoms with E-state index in [1.165, 1.54) is 12.8 Å². The molecule has 0 N–H and O–H groups in total. The minimum absolute atomic E-state index is 0.774. The highest BCUT2D eigenvalue weighted by molar-refractivity contribution is 5.53. The molecule has 75 valence electrons. The minimum atomic E-state index is 0.774. The van der Waals surface area contributed by atoms with Crippen molar-refractivity contribution in [3.05, 3.63) is 36.7 Å². The van der Waals surface area contributed by atoms with Crippen LogP contribution in [0, 0.1) is 12.2 Å². The fourth-order valence-corrected chi connectivity index (χ4v) is 1.60. The SMILES string of the molecule is [c]1nc(-c2ccccc2)nn1CC1CC1. The molecular weight excluding hydrogens is 186 g/mol. The number of hydrogen-bond acceptors (Lipinski definition) is 2. The number of hydrogen-bond donors (Lipinski definition) is 0. The molecule has 15 heavy (non-hydrogen) atoms. The Balaban J connectivity index is 1.83. The van der Waals surface area contributed by atoms with Crippen LogP contribution in [0.4, 0.5) is 0 Å². The Bertz CT molecular complexity index is 443. The maximum atomic E-state index is 4.41. The van der Waals surface area contributed by atoms with Crippen LogP contribution in [-0.2, 0) is 6.54 Å². The average molecular weight is 198 g/mol. The van der Waals surface area contributed by atoms with Gasteiger partial charge in [0.1, 0.15) is 0 Å². The van der Waals surface area contributed by atoms with Crippen molar-refractivity contribution in [3.8, 4) is 11.4 Å². The first-order chi connectivity index (χ1) is 7.42. The summed E-state index contributed by atoms with van der Waals surface area (Å²) < 4.78 is 1.83. The molecule has 1 aromatic carbocycles. The van der Waals surface area contributed by atoms with Crippen LogP contribution in [0.25, 0.3) is 11.4 Å². The summed E-state index contributed by atoms with van der Waals surface area (Å²) in [7, 11) is 0. The molecule has 1 heterocycles. The summed E-state index contributed by atoms with van der Waals surface area (Å²) in [5.41, 5.74) is 1.06. The summed E-state index contributed by atoms with van der Waals surface area (Å²) in [6, 6.07) is 10.0. The van der Waals surface area contributed by atoms with E-state index in [2.05, 4.69) is 16.4 Å². The summed E-state index contributed by atoms with van der Waals surface area (Å²) in [5.74, 6) is 1.59. The van der Waals surface area contributed by atoms with E-state index in [1.807, 2.05) is 35.0 Å². The van der Waals surface area contributed by atoms with Crippen LogP contribution in [-0.4, -0.2) is 14.8 Å². The predicted octanol–water partition coefficient (Wildman–Crippen LogP) is 2.16. The Labute approximate surface area is 88.8 Å². The van der Waals surface area contributed by atoms with Gasteiger partial charge in [-0.2, -0.15) is 5.10 Å². The quantitative estimate of drug-likeness (QED) is 0.756. The van der Waals surface area contributed by atoms with Crippen molar-refractivity contribution in [2.45, 2.75) is 19.4 Å². The lowest BCUT2D eigenvalue weighted by atomic mass is 10.2. The molecule has 3 heteroatoms. The van der Waals surface area contributed by atoms with Gasteiger partial charge in [-0.3, -0.25) is 0 Å². The second-order valence-corrected chi connectivity index (χ2v) is 4.03. The normalized spacial score (nSPS) is 15.5. The Hall–Kier alpha value is -1.64. The molecule has 0 saturated heterocycles. The first kappa shape index (κ1) is 8.65. The summed E-state index contributed by atoms with van der Waals surface area (Å²) in [6.45, 7) is 0.972. The summed E-state index contributed by atoms with van der Waals surface area (Å²) in [6.07, 6.45) is 5.59.